The second kappa shape index (κ2) is 2.45. The Labute approximate surface area is 66.9 Å². The Morgan fingerprint density at radius 2 is 2.45 bits per heavy atom. The summed E-state index contributed by atoms with van der Waals surface area (Å²) >= 11 is 0. The first-order chi connectivity index (χ1) is 5.33. The highest BCUT2D eigenvalue weighted by Crippen LogP contribution is 2.33. The fourth-order valence-corrected chi connectivity index (χ4v) is 2.23. The minimum absolute atomic E-state index is 0.436. The van der Waals surface area contributed by atoms with Crippen LogP contribution in [0.25, 0.3) is 0 Å². The molecule has 2 aliphatic heterocycles. The Bertz CT molecular complexity index is 210. The lowest BCUT2D eigenvalue weighted by Crippen LogP contribution is -2.36. The summed E-state index contributed by atoms with van der Waals surface area (Å²) in [5.74, 6) is 0. The first-order valence-corrected chi connectivity index (χ1v) is 4.20. The lowest BCUT2D eigenvalue weighted by Gasteiger charge is -2.29. The van der Waals surface area contributed by atoms with Crippen LogP contribution in [0.5, 0.6) is 0 Å². The van der Waals surface area contributed by atoms with Gasteiger partial charge in [0.2, 0.25) is 0 Å². The average molecular weight is 151 g/mol. The summed E-state index contributed by atoms with van der Waals surface area (Å²) in [6.45, 7) is 0. The van der Waals surface area contributed by atoms with Crippen LogP contribution in [-0.4, -0.2) is 30.3 Å². The molecule has 0 N–H and O–H groups in total. The van der Waals surface area contributed by atoms with Crippen molar-refractivity contribution in [3.8, 4) is 0 Å². The lowest BCUT2D eigenvalue weighted by molar-refractivity contribution is -0.105. The quantitative estimate of drug-likeness (QED) is 0.521. The molecule has 0 aromatic heterocycles. The van der Waals surface area contributed by atoms with Crippen molar-refractivity contribution in [1.82, 2.24) is 4.90 Å². The molecule has 2 rings (SSSR count). The number of nitrogens with zero attached hydrogens (tertiary/aromatic N) is 1. The molecule has 2 unspecified atom stereocenters. The molecule has 2 aliphatic rings. The molecule has 0 amide bonds. The van der Waals surface area contributed by atoms with E-state index < -0.39 is 0 Å². The van der Waals surface area contributed by atoms with Gasteiger partial charge in [-0.15, -0.1) is 0 Å². The molecule has 2 heteroatoms. The van der Waals surface area contributed by atoms with Crippen LogP contribution < -0.4 is 0 Å². The Morgan fingerprint density at radius 1 is 1.64 bits per heavy atom. The van der Waals surface area contributed by atoms with Gasteiger partial charge in [0.1, 0.15) is 6.29 Å². The highest BCUT2D eigenvalue weighted by Gasteiger charge is 2.34. The number of carbonyl (C=O) groups is 1. The van der Waals surface area contributed by atoms with Gasteiger partial charge in [0.15, 0.2) is 0 Å². The zero-order valence-electron chi connectivity index (χ0n) is 6.79. The maximum Gasteiger partial charge on any atom is 0.147 e. The lowest BCUT2D eigenvalue weighted by atomic mass is 10.0. The number of likely N-dealkylation sites (N-methyl/N-ethyl adjacent to an activating group) is 1. The van der Waals surface area contributed by atoms with Gasteiger partial charge in [0.05, 0.1) is 0 Å². The summed E-state index contributed by atoms with van der Waals surface area (Å²) in [5, 5.41) is 0. The van der Waals surface area contributed by atoms with Gasteiger partial charge in [-0.2, -0.15) is 0 Å². The van der Waals surface area contributed by atoms with Gasteiger partial charge < -0.3 is 0 Å². The zero-order valence-corrected chi connectivity index (χ0v) is 6.79. The summed E-state index contributed by atoms with van der Waals surface area (Å²) in [6, 6.07) is 1.15. The fourth-order valence-electron chi connectivity index (χ4n) is 2.23. The van der Waals surface area contributed by atoms with E-state index in [0.717, 1.165) is 18.3 Å². The number of fused-ring (bicyclic) bond motifs is 2. The van der Waals surface area contributed by atoms with Crippen molar-refractivity contribution in [2.45, 2.75) is 31.3 Å². The summed E-state index contributed by atoms with van der Waals surface area (Å²) in [4.78, 5) is 12.9. The van der Waals surface area contributed by atoms with E-state index in [4.69, 9.17) is 0 Å². The van der Waals surface area contributed by atoms with E-state index in [1.807, 2.05) is 0 Å². The molecule has 1 saturated heterocycles. The van der Waals surface area contributed by atoms with Crippen LogP contribution in [0.2, 0.25) is 0 Å². The van der Waals surface area contributed by atoms with E-state index in [1.165, 1.54) is 12.8 Å². The molecular weight excluding hydrogens is 138 g/mol. The minimum atomic E-state index is 0.436. The fraction of sp³-hybridized carbons (Fsp3) is 0.667. The maximum absolute atomic E-state index is 10.6. The summed E-state index contributed by atoms with van der Waals surface area (Å²) in [6.07, 6.45) is 6.62. The molecule has 2 nitrogen and oxygen atoms in total. The molecule has 60 valence electrons. The third-order valence-electron chi connectivity index (χ3n) is 2.99. The van der Waals surface area contributed by atoms with Crippen molar-refractivity contribution in [2.24, 2.45) is 0 Å². The molecule has 0 aromatic rings. The van der Waals surface area contributed by atoms with Gasteiger partial charge in [0, 0.05) is 17.7 Å². The molecule has 1 fully saturated rings. The van der Waals surface area contributed by atoms with Crippen LogP contribution in [0, 0.1) is 0 Å². The number of rotatable bonds is 1. The summed E-state index contributed by atoms with van der Waals surface area (Å²) in [5.41, 5.74) is 1.00. The van der Waals surface area contributed by atoms with Crippen molar-refractivity contribution in [2.75, 3.05) is 7.05 Å². The van der Waals surface area contributed by atoms with Gasteiger partial charge in [0.25, 0.3) is 0 Å². The van der Waals surface area contributed by atoms with E-state index >= 15 is 0 Å². The van der Waals surface area contributed by atoms with Gasteiger partial charge in [-0.05, 0) is 26.3 Å². The molecule has 0 radical (unpaired) electrons. The molecule has 2 bridgehead atoms. The SMILES string of the molecule is CN1C2CC=C(C=O)C1CC2. The number of hydrogen-bond acceptors (Lipinski definition) is 2. The second-order valence-electron chi connectivity index (χ2n) is 3.47. The molecular formula is C9H13NO. The van der Waals surface area contributed by atoms with E-state index in [1.54, 1.807) is 0 Å². The highest BCUT2D eigenvalue weighted by molar-refractivity contribution is 5.75. The van der Waals surface area contributed by atoms with Crippen molar-refractivity contribution in [1.29, 1.82) is 0 Å². The van der Waals surface area contributed by atoms with E-state index in [2.05, 4.69) is 18.0 Å². The van der Waals surface area contributed by atoms with Crippen molar-refractivity contribution < 1.29 is 4.79 Å². The van der Waals surface area contributed by atoms with Gasteiger partial charge >= 0.3 is 0 Å². The Balaban J connectivity index is 2.27. The minimum Gasteiger partial charge on any atom is -0.298 e. The van der Waals surface area contributed by atoms with Crippen LogP contribution in [0.1, 0.15) is 19.3 Å². The Kier molecular flexibility index (Phi) is 1.57. The predicted octanol–water partition coefficient (Wildman–Crippen LogP) is 0.978. The molecule has 11 heavy (non-hydrogen) atoms. The monoisotopic (exact) mass is 151 g/mol. The van der Waals surface area contributed by atoms with Crippen LogP contribution in [0.3, 0.4) is 0 Å². The van der Waals surface area contributed by atoms with Crippen LogP contribution in [0.4, 0.5) is 0 Å². The molecule has 0 spiro atoms. The Morgan fingerprint density at radius 3 is 3.18 bits per heavy atom. The number of aldehydes is 1. The summed E-state index contributed by atoms with van der Waals surface area (Å²) < 4.78 is 0. The predicted molar refractivity (Wildman–Crippen MR) is 43.3 cm³/mol. The van der Waals surface area contributed by atoms with E-state index in [9.17, 15) is 4.79 Å². The second-order valence-corrected chi connectivity index (χ2v) is 3.47. The van der Waals surface area contributed by atoms with Crippen molar-refractivity contribution in [3.05, 3.63) is 11.6 Å². The smallest absolute Gasteiger partial charge is 0.147 e. The molecule has 0 saturated carbocycles. The van der Waals surface area contributed by atoms with E-state index in [0.29, 0.717) is 12.1 Å². The molecule has 0 aromatic carbocycles. The van der Waals surface area contributed by atoms with Crippen LogP contribution in [-0.2, 0) is 4.79 Å². The molecule has 2 atom stereocenters. The number of carbonyl (C=O) groups excluding carboxylic acids is 1. The normalized spacial score (nSPS) is 37.0. The van der Waals surface area contributed by atoms with Gasteiger partial charge in [-0.25, -0.2) is 0 Å². The largest absolute Gasteiger partial charge is 0.298 e. The van der Waals surface area contributed by atoms with Crippen LogP contribution in [0.15, 0.2) is 11.6 Å². The van der Waals surface area contributed by atoms with E-state index in [-0.39, 0.29) is 0 Å². The van der Waals surface area contributed by atoms with Crippen LogP contribution >= 0.6 is 0 Å². The Hall–Kier alpha value is -0.630. The average Bonchev–Trinajstić information content (AvgIpc) is 2.31. The summed E-state index contributed by atoms with van der Waals surface area (Å²) in [7, 11) is 2.12. The third kappa shape index (κ3) is 0.932. The van der Waals surface area contributed by atoms with Crippen molar-refractivity contribution in [3.63, 3.8) is 0 Å². The maximum atomic E-state index is 10.6. The highest BCUT2D eigenvalue weighted by atomic mass is 16.1. The first-order valence-electron chi connectivity index (χ1n) is 4.20. The zero-order chi connectivity index (χ0) is 7.84. The standard InChI is InChI=1S/C9H13NO/c1-10-8-3-2-7(6-11)9(10)5-4-8/h2,6,8-9H,3-5H2,1H3. The molecule has 2 heterocycles. The van der Waals surface area contributed by atoms with Crippen molar-refractivity contribution >= 4 is 6.29 Å². The number of hydrogen-bond donors (Lipinski definition) is 0. The topological polar surface area (TPSA) is 20.3 Å². The van der Waals surface area contributed by atoms with Gasteiger partial charge in [-0.1, -0.05) is 6.08 Å². The van der Waals surface area contributed by atoms with Gasteiger partial charge in [-0.3, -0.25) is 9.69 Å². The first kappa shape index (κ1) is 7.04. The third-order valence-corrected chi connectivity index (χ3v) is 2.99. The molecule has 0 aliphatic carbocycles.